The number of nitrogens with zero attached hydrogens (tertiary/aromatic N) is 3. The Balaban J connectivity index is 1.27. The smallest absolute Gasteiger partial charge is 0.232 e. The first kappa shape index (κ1) is 31.9. The SMILES string of the molecule is CCN1CCC(N2CC(C(C)(O)c3ccc(N4C(=O)Cc5cc(OC)c(OC(C)C)cc5C4c4ccc(Cl)cc4)cc3)C2)CC1. The highest BCUT2D eigenvalue weighted by molar-refractivity contribution is 6.30. The number of amides is 1. The number of hydrogen-bond acceptors (Lipinski definition) is 6. The molecule has 3 heterocycles. The van der Waals surface area contributed by atoms with E-state index in [1.165, 1.54) is 12.8 Å². The molecule has 3 aromatic rings. The van der Waals surface area contributed by atoms with Crippen LogP contribution in [0.15, 0.2) is 60.7 Å². The van der Waals surface area contributed by atoms with Gasteiger partial charge in [-0.3, -0.25) is 9.69 Å². The van der Waals surface area contributed by atoms with Crippen LogP contribution in [0.1, 0.15) is 68.8 Å². The molecule has 1 amide bonds. The number of carbonyl (C=O) groups excluding carboxylic acids is 1. The molecule has 240 valence electrons. The van der Waals surface area contributed by atoms with E-state index >= 15 is 0 Å². The van der Waals surface area contributed by atoms with Crippen molar-refractivity contribution < 1.29 is 19.4 Å². The molecule has 0 aliphatic carbocycles. The average Bonchev–Trinajstić information content (AvgIpc) is 3.00. The van der Waals surface area contributed by atoms with Crippen LogP contribution in [0.4, 0.5) is 5.69 Å². The summed E-state index contributed by atoms with van der Waals surface area (Å²) in [5, 5.41) is 12.4. The Morgan fingerprint density at radius 2 is 1.67 bits per heavy atom. The van der Waals surface area contributed by atoms with Gasteiger partial charge in [-0.2, -0.15) is 0 Å². The van der Waals surface area contributed by atoms with Crippen molar-refractivity contribution in [3.8, 4) is 11.5 Å². The van der Waals surface area contributed by atoms with Gasteiger partial charge in [0.1, 0.15) is 0 Å². The van der Waals surface area contributed by atoms with Gasteiger partial charge in [0.25, 0.3) is 0 Å². The fraction of sp³-hybridized carbons (Fsp3) is 0.486. The van der Waals surface area contributed by atoms with Crippen LogP contribution < -0.4 is 14.4 Å². The summed E-state index contributed by atoms with van der Waals surface area (Å²) in [6, 6.07) is 19.8. The Bertz CT molecular complexity index is 1490. The summed E-state index contributed by atoms with van der Waals surface area (Å²) < 4.78 is 11.8. The van der Waals surface area contributed by atoms with Gasteiger partial charge in [0, 0.05) is 35.8 Å². The minimum Gasteiger partial charge on any atom is -0.493 e. The third-order valence-electron chi connectivity index (χ3n) is 10.1. The van der Waals surface area contributed by atoms with Gasteiger partial charge in [0.15, 0.2) is 11.5 Å². The number of fused-ring (bicyclic) bond motifs is 1. The quantitative estimate of drug-likeness (QED) is 0.293. The molecule has 2 unspecified atom stereocenters. The first-order chi connectivity index (χ1) is 21.6. The zero-order chi connectivity index (χ0) is 31.9. The van der Waals surface area contributed by atoms with E-state index in [0.717, 1.165) is 60.7 Å². The molecule has 6 rings (SSSR count). The molecular weight excluding hydrogens is 586 g/mol. The molecule has 2 atom stereocenters. The van der Waals surface area contributed by atoms with E-state index in [4.69, 9.17) is 21.1 Å². The molecule has 0 bridgehead atoms. The highest BCUT2D eigenvalue weighted by Crippen LogP contribution is 2.45. The number of halogens is 1. The van der Waals surface area contributed by atoms with E-state index in [-0.39, 0.29) is 30.4 Å². The number of likely N-dealkylation sites (tertiary alicyclic amines) is 2. The fourth-order valence-corrected chi connectivity index (χ4v) is 7.42. The van der Waals surface area contributed by atoms with Crippen molar-refractivity contribution in [2.75, 3.05) is 44.7 Å². The second-order valence-electron chi connectivity index (χ2n) is 13.3. The van der Waals surface area contributed by atoms with Crippen molar-refractivity contribution in [1.29, 1.82) is 0 Å². The number of benzene rings is 3. The van der Waals surface area contributed by atoms with E-state index in [9.17, 15) is 9.90 Å². The van der Waals surface area contributed by atoms with E-state index in [1.807, 2.05) is 86.3 Å². The number of methoxy groups -OCH3 is 1. The molecule has 0 radical (unpaired) electrons. The van der Waals surface area contributed by atoms with E-state index < -0.39 is 5.60 Å². The maximum atomic E-state index is 13.9. The molecule has 0 spiro atoms. The largest absolute Gasteiger partial charge is 0.493 e. The first-order valence-corrected chi connectivity index (χ1v) is 16.7. The zero-order valence-electron chi connectivity index (χ0n) is 27.1. The molecule has 2 saturated heterocycles. The van der Waals surface area contributed by atoms with Gasteiger partial charge in [-0.05, 0) is 112 Å². The lowest BCUT2D eigenvalue weighted by Gasteiger charge is -2.51. The maximum Gasteiger partial charge on any atom is 0.232 e. The number of ether oxygens (including phenoxy) is 2. The summed E-state index contributed by atoms with van der Waals surface area (Å²) in [4.78, 5) is 20.8. The fourth-order valence-electron chi connectivity index (χ4n) is 7.29. The third-order valence-corrected chi connectivity index (χ3v) is 10.3. The Labute approximate surface area is 272 Å². The summed E-state index contributed by atoms with van der Waals surface area (Å²) >= 11 is 6.28. The molecule has 7 nitrogen and oxygen atoms in total. The summed E-state index contributed by atoms with van der Waals surface area (Å²) in [6.07, 6.45) is 2.62. The van der Waals surface area contributed by atoms with Crippen molar-refractivity contribution in [3.05, 3.63) is 87.9 Å². The summed E-state index contributed by atoms with van der Waals surface area (Å²) in [7, 11) is 1.62. The number of aliphatic hydroxyl groups is 1. The molecule has 1 N–H and O–H groups in total. The molecule has 2 fully saturated rings. The van der Waals surface area contributed by atoms with Crippen LogP contribution in [-0.2, 0) is 16.8 Å². The standard InChI is InChI=1S/C37H46ClN3O4/c1-6-39-17-15-30(16-18-39)40-22-28(23-40)37(4,43)27-9-13-31(14-10-27)41-35(42)20-26-19-33(44-5)34(45-24(2)3)21-32(26)36(41)25-7-11-29(38)12-8-25/h7-14,19,21,24,28,30,36,43H,6,15-18,20,22-23H2,1-5H3. The number of piperidine rings is 1. The van der Waals surface area contributed by atoms with Crippen LogP contribution in [0.3, 0.4) is 0 Å². The van der Waals surface area contributed by atoms with Crippen LogP contribution in [0.2, 0.25) is 5.02 Å². The normalized spacial score (nSPS) is 21.4. The van der Waals surface area contributed by atoms with Crippen molar-refractivity contribution in [2.24, 2.45) is 5.92 Å². The number of hydrogen-bond donors (Lipinski definition) is 1. The highest BCUT2D eigenvalue weighted by atomic mass is 35.5. The van der Waals surface area contributed by atoms with Gasteiger partial charge in [0.05, 0.1) is 31.3 Å². The lowest BCUT2D eigenvalue weighted by Crippen LogP contribution is -2.60. The second kappa shape index (κ2) is 13.0. The second-order valence-corrected chi connectivity index (χ2v) is 13.7. The Kier molecular flexibility index (Phi) is 9.17. The molecule has 8 heteroatoms. The summed E-state index contributed by atoms with van der Waals surface area (Å²) in [6.45, 7) is 13.4. The van der Waals surface area contributed by atoms with Crippen molar-refractivity contribution in [1.82, 2.24) is 9.80 Å². The first-order valence-electron chi connectivity index (χ1n) is 16.3. The van der Waals surface area contributed by atoms with Crippen molar-refractivity contribution in [3.63, 3.8) is 0 Å². The zero-order valence-corrected chi connectivity index (χ0v) is 27.9. The van der Waals surface area contributed by atoms with E-state index in [1.54, 1.807) is 7.11 Å². The van der Waals surface area contributed by atoms with Gasteiger partial charge in [-0.15, -0.1) is 0 Å². The predicted molar refractivity (Wildman–Crippen MR) is 179 cm³/mol. The van der Waals surface area contributed by atoms with Crippen molar-refractivity contribution >= 4 is 23.2 Å². The lowest BCUT2D eigenvalue weighted by molar-refractivity contribution is -0.118. The molecule has 45 heavy (non-hydrogen) atoms. The molecule has 0 aromatic heterocycles. The van der Waals surface area contributed by atoms with Crippen LogP contribution in [-0.4, -0.2) is 72.8 Å². The lowest BCUT2D eigenvalue weighted by atomic mass is 9.77. The third kappa shape index (κ3) is 6.33. The van der Waals surface area contributed by atoms with Gasteiger partial charge in [-0.25, -0.2) is 0 Å². The Morgan fingerprint density at radius 3 is 2.27 bits per heavy atom. The highest BCUT2D eigenvalue weighted by Gasteiger charge is 2.44. The number of anilines is 1. The molecule has 0 saturated carbocycles. The topological polar surface area (TPSA) is 65.5 Å². The molecule has 3 aliphatic rings. The Morgan fingerprint density at radius 1 is 1.00 bits per heavy atom. The molecule has 3 aliphatic heterocycles. The number of rotatable bonds is 9. The van der Waals surface area contributed by atoms with E-state index in [0.29, 0.717) is 22.6 Å². The summed E-state index contributed by atoms with van der Waals surface area (Å²) in [5.74, 6) is 1.43. The maximum absolute atomic E-state index is 13.9. The minimum absolute atomic E-state index is 0.00898. The van der Waals surface area contributed by atoms with Crippen LogP contribution >= 0.6 is 11.6 Å². The van der Waals surface area contributed by atoms with Crippen LogP contribution in [0.5, 0.6) is 11.5 Å². The molecular formula is C37H46ClN3O4. The van der Waals surface area contributed by atoms with E-state index in [2.05, 4.69) is 16.7 Å². The monoisotopic (exact) mass is 631 g/mol. The minimum atomic E-state index is -0.952. The van der Waals surface area contributed by atoms with Gasteiger partial charge < -0.3 is 24.4 Å². The van der Waals surface area contributed by atoms with Crippen LogP contribution in [0.25, 0.3) is 0 Å². The average molecular weight is 632 g/mol. The van der Waals surface area contributed by atoms with Crippen LogP contribution in [0, 0.1) is 5.92 Å². The van der Waals surface area contributed by atoms with Gasteiger partial charge in [-0.1, -0.05) is 42.8 Å². The Hall–Kier alpha value is -3.10. The molecule has 3 aromatic carbocycles. The predicted octanol–water partition coefficient (Wildman–Crippen LogP) is 6.44. The van der Waals surface area contributed by atoms with Gasteiger partial charge in [0.2, 0.25) is 5.91 Å². The van der Waals surface area contributed by atoms with Gasteiger partial charge >= 0.3 is 0 Å². The van der Waals surface area contributed by atoms with Crippen molar-refractivity contribution in [2.45, 2.75) is 70.7 Å². The number of carbonyl (C=O) groups is 1. The summed E-state index contributed by atoms with van der Waals surface area (Å²) in [5.41, 5.74) is 3.56.